The van der Waals surface area contributed by atoms with Gasteiger partial charge in [-0.2, -0.15) is 26.3 Å². The van der Waals surface area contributed by atoms with E-state index in [2.05, 4.69) is 24.9 Å². The van der Waals surface area contributed by atoms with Gasteiger partial charge in [0.25, 0.3) is 0 Å². The Labute approximate surface area is 263 Å². The molecule has 47 heavy (non-hydrogen) atoms. The van der Waals surface area contributed by atoms with E-state index in [1.54, 1.807) is 27.7 Å². The van der Waals surface area contributed by atoms with Crippen LogP contribution in [0.15, 0.2) is 61.2 Å². The van der Waals surface area contributed by atoms with Gasteiger partial charge in [0.2, 0.25) is 0 Å². The van der Waals surface area contributed by atoms with Crippen LogP contribution >= 0.6 is 0 Å². The van der Waals surface area contributed by atoms with Gasteiger partial charge in [-0.05, 0) is 64.1 Å². The number of hydrogen-bond donors (Lipinski definition) is 0. The van der Waals surface area contributed by atoms with Crippen LogP contribution in [-0.4, -0.2) is 53.7 Å². The van der Waals surface area contributed by atoms with Crippen molar-refractivity contribution in [2.24, 2.45) is 0 Å². The van der Waals surface area contributed by atoms with Crippen LogP contribution < -0.4 is 9.47 Å². The van der Waals surface area contributed by atoms with Crippen LogP contribution in [0.3, 0.4) is 0 Å². The molecular weight excluding hydrogens is 638 g/mol. The lowest BCUT2D eigenvalue weighted by molar-refractivity contribution is -0.152. The highest BCUT2D eigenvalue weighted by atomic mass is 19.4. The Morgan fingerprint density at radius 3 is 1.38 bits per heavy atom. The molecule has 4 rings (SSSR count). The summed E-state index contributed by atoms with van der Waals surface area (Å²) in [7, 11) is 0. The van der Waals surface area contributed by atoms with Crippen molar-refractivity contribution < 1.29 is 50.1 Å². The number of esters is 2. The van der Waals surface area contributed by atoms with Crippen LogP contribution in [0.2, 0.25) is 0 Å². The fraction of sp³-hybridized carbons (Fsp3) is 0.267. The third-order valence-corrected chi connectivity index (χ3v) is 5.67. The van der Waals surface area contributed by atoms with Gasteiger partial charge in [0, 0.05) is 35.7 Å². The van der Waals surface area contributed by atoms with E-state index in [1.807, 2.05) is 0 Å². The molecule has 17 heteroatoms. The van der Waals surface area contributed by atoms with Gasteiger partial charge in [0.05, 0.1) is 23.3 Å². The number of benzene rings is 2. The summed E-state index contributed by atoms with van der Waals surface area (Å²) in [6, 6.07) is 6.11. The molecule has 0 atom stereocenters. The largest absolute Gasteiger partial charge is 0.491 e. The zero-order valence-electron chi connectivity index (χ0n) is 25.1. The van der Waals surface area contributed by atoms with Crippen LogP contribution in [0.1, 0.15) is 38.8 Å². The monoisotopic (exact) mass is 664 g/mol. The van der Waals surface area contributed by atoms with Gasteiger partial charge < -0.3 is 14.2 Å². The minimum absolute atomic E-state index is 0.0131. The number of halogens is 6. The summed E-state index contributed by atoms with van der Waals surface area (Å²) in [6.07, 6.45) is -4.07. The molecule has 0 aliphatic heterocycles. The zero-order valence-corrected chi connectivity index (χ0v) is 25.1. The van der Waals surface area contributed by atoms with Crippen molar-refractivity contribution in [2.45, 2.75) is 52.3 Å². The molecule has 4 aromatic rings. The van der Waals surface area contributed by atoms with E-state index in [0.717, 1.165) is 70.8 Å². The minimum atomic E-state index is -4.65. The third kappa shape index (κ3) is 9.75. The molecule has 0 aliphatic carbocycles. The van der Waals surface area contributed by atoms with Gasteiger partial charge in [-0.25, -0.2) is 28.9 Å². The number of ether oxygens (including phenoxy) is 3. The molecule has 0 N–H and O–H groups in total. The Morgan fingerprint density at radius 2 is 1.04 bits per heavy atom. The molecular formula is C30H26F6N6O5. The van der Waals surface area contributed by atoms with Crippen molar-refractivity contribution in [3.63, 3.8) is 0 Å². The van der Waals surface area contributed by atoms with Crippen molar-refractivity contribution >= 4 is 24.3 Å². The van der Waals surface area contributed by atoms with Crippen LogP contribution in [0.4, 0.5) is 26.3 Å². The van der Waals surface area contributed by atoms with Gasteiger partial charge >= 0.3 is 24.3 Å². The van der Waals surface area contributed by atoms with E-state index in [0.29, 0.717) is 0 Å². The first-order valence-electron chi connectivity index (χ1n) is 13.7. The summed E-state index contributed by atoms with van der Waals surface area (Å²) in [4.78, 5) is 32.2. The van der Waals surface area contributed by atoms with Crippen molar-refractivity contribution in [1.82, 2.24) is 29.5 Å². The van der Waals surface area contributed by atoms with Crippen LogP contribution in [-0.2, 0) is 26.7 Å². The van der Waals surface area contributed by atoms with Crippen molar-refractivity contribution in [1.29, 1.82) is 0 Å². The van der Waals surface area contributed by atoms with Crippen LogP contribution in [0.25, 0.3) is 35.2 Å². The van der Waals surface area contributed by atoms with Gasteiger partial charge in [0.1, 0.15) is 24.2 Å². The Balaban J connectivity index is 1.40. The third-order valence-electron chi connectivity index (χ3n) is 5.67. The van der Waals surface area contributed by atoms with Gasteiger partial charge in [-0.1, -0.05) is 0 Å². The normalized spacial score (nSPS) is 12.4. The summed E-state index contributed by atoms with van der Waals surface area (Å²) < 4.78 is 97.9. The van der Waals surface area contributed by atoms with E-state index in [-0.39, 0.29) is 46.5 Å². The Bertz CT molecular complexity index is 1680. The smallest absolute Gasteiger partial charge is 0.416 e. The lowest BCUT2D eigenvalue weighted by Crippen LogP contribution is -2.09. The van der Waals surface area contributed by atoms with E-state index < -0.39 is 35.4 Å². The first-order chi connectivity index (χ1) is 22.0. The van der Waals surface area contributed by atoms with E-state index in [9.17, 15) is 35.9 Å². The fourth-order valence-corrected chi connectivity index (χ4v) is 3.86. The number of alkyl halides is 6. The summed E-state index contributed by atoms with van der Waals surface area (Å²) in [6.45, 7) is 6.63. The maximum atomic E-state index is 13.4. The Morgan fingerprint density at radius 1 is 0.660 bits per heavy atom. The highest BCUT2D eigenvalue weighted by Crippen LogP contribution is 2.36. The molecule has 0 saturated heterocycles. The zero-order chi connectivity index (χ0) is 34.5. The van der Waals surface area contributed by atoms with E-state index in [4.69, 9.17) is 9.47 Å². The SMILES string of the molecule is CC(C)Oc1cc(-c2ncn(/C=C\C(=O)OC(=O)/C=C\n3cnc(-c4cc(OC(C)C)cc(C(F)(F)F)c4)n3)n2)cc(C(F)(F)F)c1. The molecule has 2 aromatic carbocycles. The summed E-state index contributed by atoms with van der Waals surface area (Å²) in [5.41, 5.74) is -1.90. The first-order valence-corrected chi connectivity index (χ1v) is 13.7. The first kappa shape index (κ1) is 34.4. The minimum Gasteiger partial charge on any atom is -0.491 e. The predicted octanol–water partition coefficient (Wildman–Crippen LogP) is 6.53. The highest BCUT2D eigenvalue weighted by molar-refractivity contribution is 5.98. The quantitative estimate of drug-likeness (QED) is 0.0806. The van der Waals surface area contributed by atoms with Crippen molar-refractivity contribution in [3.8, 4) is 34.3 Å². The van der Waals surface area contributed by atoms with Crippen molar-refractivity contribution in [2.75, 3.05) is 0 Å². The molecule has 2 heterocycles. The van der Waals surface area contributed by atoms with Crippen molar-refractivity contribution in [3.05, 3.63) is 72.3 Å². The van der Waals surface area contributed by atoms with Crippen LogP contribution in [0.5, 0.6) is 11.5 Å². The molecule has 0 unspecified atom stereocenters. The molecule has 2 aromatic heterocycles. The van der Waals surface area contributed by atoms with Crippen LogP contribution in [0, 0.1) is 0 Å². The molecule has 0 aliphatic rings. The second-order valence-electron chi connectivity index (χ2n) is 10.3. The number of carbonyl (C=O) groups is 2. The van der Waals surface area contributed by atoms with Gasteiger partial charge in [-0.3, -0.25) is 0 Å². The second-order valence-corrected chi connectivity index (χ2v) is 10.3. The summed E-state index contributed by atoms with van der Waals surface area (Å²) in [5.74, 6) is -2.50. The number of hydrogen-bond acceptors (Lipinski definition) is 9. The molecule has 0 radical (unpaired) electrons. The Hall–Kier alpha value is -5.48. The van der Waals surface area contributed by atoms with Gasteiger partial charge in [0.15, 0.2) is 11.6 Å². The van der Waals surface area contributed by atoms with Gasteiger partial charge in [-0.15, -0.1) is 10.2 Å². The molecule has 0 bridgehead atoms. The average molecular weight is 665 g/mol. The number of rotatable bonds is 10. The second kappa shape index (κ2) is 13.9. The molecule has 0 spiro atoms. The number of nitrogens with zero attached hydrogens (tertiary/aromatic N) is 6. The predicted molar refractivity (Wildman–Crippen MR) is 154 cm³/mol. The maximum absolute atomic E-state index is 13.4. The molecule has 248 valence electrons. The molecule has 11 nitrogen and oxygen atoms in total. The standard InChI is InChI=1S/C30H26F6N6O5/c1-17(2)45-23-11-19(9-21(13-23)29(31,32)33)27-37-15-41(39-27)7-5-25(43)47-26(44)6-8-42-16-38-28(40-42)20-10-22(30(34,35)36)14-24(12-20)46-18(3)4/h5-18H,1-4H3/b7-5-,8-6-. The molecule has 0 amide bonds. The molecule has 0 saturated carbocycles. The Kier molecular flexibility index (Phi) is 10.2. The average Bonchev–Trinajstić information content (AvgIpc) is 3.63. The summed E-state index contributed by atoms with van der Waals surface area (Å²) >= 11 is 0. The maximum Gasteiger partial charge on any atom is 0.416 e. The molecule has 0 fully saturated rings. The number of aromatic nitrogens is 6. The van der Waals surface area contributed by atoms with E-state index >= 15 is 0 Å². The summed E-state index contributed by atoms with van der Waals surface area (Å²) in [5, 5.41) is 8.03. The fourth-order valence-electron chi connectivity index (χ4n) is 3.86. The van der Waals surface area contributed by atoms with E-state index in [1.165, 1.54) is 12.1 Å². The lowest BCUT2D eigenvalue weighted by Gasteiger charge is -2.14. The highest BCUT2D eigenvalue weighted by Gasteiger charge is 2.33. The number of carbonyl (C=O) groups excluding carboxylic acids is 2. The topological polar surface area (TPSA) is 123 Å². The lowest BCUT2D eigenvalue weighted by atomic mass is 10.1.